The molecule has 1 aliphatic rings. The van der Waals surface area contributed by atoms with E-state index < -0.39 is 23.2 Å². The molecule has 3 nitrogen and oxygen atoms in total. The summed E-state index contributed by atoms with van der Waals surface area (Å²) < 4.78 is 46.5. The Kier molecular flexibility index (Phi) is 2.31. The van der Waals surface area contributed by atoms with Crippen LogP contribution in [0.3, 0.4) is 0 Å². The molecule has 0 bridgehead atoms. The van der Waals surface area contributed by atoms with Crippen molar-refractivity contribution >= 4 is 23.2 Å². The number of rotatable bonds is 0. The molecule has 0 amide bonds. The molecule has 0 spiro atoms. The summed E-state index contributed by atoms with van der Waals surface area (Å²) in [7, 11) is -9.72. The van der Waals surface area contributed by atoms with Gasteiger partial charge in [-0.25, -0.2) is 0 Å². The molecule has 0 aromatic heterocycles. The predicted octanol–water partition coefficient (Wildman–Crippen LogP) is 4.73. The standard InChI is InChI=1S/C2H6F3N3P3/c1-10(2)6-9(3)7-11(4,5)8-10/h1-2H3/q+1. The van der Waals surface area contributed by atoms with Gasteiger partial charge >= 0.3 is 16.0 Å². The quantitative estimate of drug-likeness (QED) is 0.531. The van der Waals surface area contributed by atoms with E-state index in [0.717, 1.165) is 0 Å². The third-order valence-corrected chi connectivity index (χ3v) is 7.21. The molecular weight excluding hydrogens is 216 g/mol. The highest BCUT2D eigenvalue weighted by Gasteiger charge is 2.35. The zero-order chi connectivity index (χ0) is 8.70. The summed E-state index contributed by atoms with van der Waals surface area (Å²) in [5, 5.41) is 0. The zero-order valence-electron chi connectivity index (χ0n) is 5.82. The van der Waals surface area contributed by atoms with Gasteiger partial charge in [0.2, 0.25) is 0 Å². The van der Waals surface area contributed by atoms with E-state index in [9.17, 15) is 12.6 Å². The van der Waals surface area contributed by atoms with Gasteiger partial charge in [-0.05, 0) is 17.8 Å². The molecule has 0 saturated carbocycles. The average Bonchev–Trinajstić information content (AvgIpc) is 1.49. The molecule has 1 heterocycles. The fourth-order valence-electron chi connectivity index (χ4n) is 0.586. The van der Waals surface area contributed by atoms with Crippen molar-refractivity contribution in [2.75, 3.05) is 13.3 Å². The molecule has 9 heteroatoms. The lowest BCUT2D eigenvalue weighted by atomic mass is 11.9. The number of hydrogen-bond donors (Lipinski definition) is 0. The van der Waals surface area contributed by atoms with E-state index in [0.29, 0.717) is 0 Å². The molecule has 11 heavy (non-hydrogen) atoms. The molecule has 64 valence electrons. The minimum Gasteiger partial charge on any atom is -0.178 e. The molecule has 0 fully saturated rings. The molecule has 0 aromatic rings. The van der Waals surface area contributed by atoms with Crippen molar-refractivity contribution < 1.29 is 12.6 Å². The SMILES string of the molecule is CP1(C)=N[P+](F)=NP(F)(F)=N1. The van der Waals surface area contributed by atoms with Gasteiger partial charge in [-0.3, -0.25) is 0 Å². The molecule has 0 radical (unpaired) electrons. The predicted molar refractivity (Wildman–Crippen MR) is 43.2 cm³/mol. The highest BCUT2D eigenvalue weighted by Crippen LogP contribution is 2.72. The van der Waals surface area contributed by atoms with Crippen LogP contribution in [0.25, 0.3) is 0 Å². The second kappa shape index (κ2) is 2.69. The molecular formula is C2H6F3N3P3+. The monoisotopic (exact) mass is 222 g/mol. The van der Waals surface area contributed by atoms with E-state index in [2.05, 4.69) is 13.5 Å². The molecule has 1 atom stereocenters. The normalized spacial score (nSPS) is 29.7. The van der Waals surface area contributed by atoms with E-state index >= 15 is 0 Å². The summed E-state index contributed by atoms with van der Waals surface area (Å²) >= 11 is 0. The Morgan fingerprint density at radius 2 is 1.82 bits per heavy atom. The fraction of sp³-hybridized carbons (Fsp3) is 1.00. The summed E-state index contributed by atoms with van der Waals surface area (Å²) in [6.07, 6.45) is 0. The van der Waals surface area contributed by atoms with Gasteiger partial charge in [-0.2, -0.15) is 4.52 Å². The first-order valence-electron chi connectivity index (χ1n) is 2.60. The van der Waals surface area contributed by atoms with E-state index in [-0.39, 0.29) is 0 Å². The van der Waals surface area contributed by atoms with Crippen molar-refractivity contribution in [2.24, 2.45) is 13.5 Å². The molecule has 0 aromatic carbocycles. The van der Waals surface area contributed by atoms with Gasteiger partial charge in [0.05, 0.1) is 8.71 Å². The Labute approximate surface area is 63.5 Å². The van der Waals surface area contributed by atoms with Gasteiger partial charge in [0.15, 0.2) is 0 Å². The van der Waals surface area contributed by atoms with E-state index in [1.165, 1.54) is 13.3 Å². The van der Waals surface area contributed by atoms with Crippen LogP contribution in [-0.4, -0.2) is 13.3 Å². The van der Waals surface area contributed by atoms with Crippen LogP contribution in [0.15, 0.2) is 13.5 Å². The van der Waals surface area contributed by atoms with Crippen LogP contribution >= 0.6 is 23.2 Å². The fourth-order valence-corrected chi connectivity index (χ4v) is 6.24. The first kappa shape index (κ1) is 9.44. The summed E-state index contributed by atoms with van der Waals surface area (Å²) in [4.78, 5) is 0. The van der Waals surface area contributed by atoms with E-state index in [1.807, 2.05) is 0 Å². The van der Waals surface area contributed by atoms with E-state index in [4.69, 9.17) is 0 Å². The van der Waals surface area contributed by atoms with Crippen LogP contribution in [-0.2, 0) is 0 Å². The highest BCUT2D eigenvalue weighted by atomic mass is 31.3. The molecule has 0 saturated heterocycles. The van der Waals surface area contributed by atoms with Crippen LogP contribution in [0.5, 0.6) is 0 Å². The van der Waals surface area contributed by atoms with Crippen LogP contribution in [0, 0.1) is 0 Å². The number of halogens is 3. The zero-order valence-corrected chi connectivity index (χ0v) is 8.50. The Bertz CT molecular complexity index is 300. The second-order valence-electron chi connectivity index (χ2n) is 2.30. The van der Waals surface area contributed by atoms with Gasteiger partial charge in [0.1, 0.15) is 7.21 Å². The van der Waals surface area contributed by atoms with Gasteiger partial charge in [-0.1, -0.05) is 0 Å². The van der Waals surface area contributed by atoms with Gasteiger partial charge in [0, 0.05) is 0 Å². The average molecular weight is 222 g/mol. The lowest BCUT2D eigenvalue weighted by Gasteiger charge is -2.04. The molecule has 1 aliphatic heterocycles. The molecule has 0 aliphatic carbocycles. The van der Waals surface area contributed by atoms with Crippen LogP contribution in [0.4, 0.5) is 12.6 Å². The summed E-state index contributed by atoms with van der Waals surface area (Å²) in [5.74, 6) is 0. The Balaban J connectivity index is 3.31. The van der Waals surface area contributed by atoms with Crippen LogP contribution in [0.1, 0.15) is 0 Å². The van der Waals surface area contributed by atoms with Crippen LogP contribution < -0.4 is 0 Å². The maximum Gasteiger partial charge on any atom is 0.592 e. The number of nitrogens with zero attached hydrogens (tertiary/aromatic N) is 3. The third kappa shape index (κ3) is 2.70. The van der Waals surface area contributed by atoms with Crippen molar-refractivity contribution in [3.8, 4) is 0 Å². The molecule has 0 N–H and O–H groups in total. The summed E-state index contributed by atoms with van der Waals surface area (Å²) in [5.41, 5.74) is 0. The van der Waals surface area contributed by atoms with Crippen molar-refractivity contribution in [3.05, 3.63) is 0 Å². The van der Waals surface area contributed by atoms with Crippen molar-refractivity contribution in [2.45, 2.75) is 0 Å². The lowest BCUT2D eigenvalue weighted by molar-refractivity contribution is 0.725. The summed E-state index contributed by atoms with van der Waals surface area (Å²) in [6, 6.07) is 0. The largest absolute Gasteiger partial charge is 0.592 e. The van der Waals surface area contributed by atoms with Crippen LogP contribution in [0.2, 0.25) is 0 Å². The Hall–Kier alpha value is 0.350. The second-order valence-corrected chi connectivity index (χ2v) is 8.51. The third-order valence-electron chi connectivity index (χ3n) is 0.801. The lowest BCUT2D eigenvalue weighted by Crippen LogP contribution is -1.70. The van der Waals surface area contributed by atoms with Gasteiger partial charge in [0.25, 0.3) is 0 Å². The number of hydrogen-bond acceptors (Lipinski definition) is 3. The van der Waals surface area contributed by atoms with E-state index in [1.54, 1.807) is 0 Å². The molecule has 1 rings (SSSR count). The Morgan fingerprint density at radius 1 is 1.27 bits per heavy atom. The minimum atomic E-state index is -4.65. The van der Waals surface area contributed by atoms with Gasteiger partial charge < -0.3 is 0 Å². The smallest absolute Gasteiger partial charge is 0.178 e. The maximum atomic E-state index is 12.5. The van der Waals surface area contributed by atoms with Crippen molar-refractivity contribution in [1.29, 1.82) is 0 Å². The first-order valence-corrected chi connectivity index (χ1v) is 7.80. The topological polar surface area (TPSA) is 37.1 Å². The highest BCUT2D eigenvalue weighted by molar-refractivity contribution is 7.78. The molecule has 1 unspecified atom stereocenters. The van der Waals surface area contributed by atoms with Gasteiger partial charge in [-0.15, -0.1) is 8.39 Å². The Morgan fingerprint density at radius 3 is 2.18 bits per heavy atom. The van der Waals surface area contributed by atoms with Crippen molar-refractivity contribution in [3.63, 3.8) is 0 Å². The summed E-state index contributed by atoms with van der Waals surface area (Å²) in [6.45, 7) is 2.90. The maximum absolute atomic E-state index is 12.5. The van der Waals surface area contributed by atoms with Crippen molar-refractivity contribution in [1.82, 2.24) is 0 Å². The minimum absolute atomic E-state index is 1.45. The first-order chi connectivity index (χ1) is 4.81.